The molecule has 0 spiro atoms. The van der Waals surface area contributed by atoms with Crippen molar-refractivity contribution in [1.29, 1.82) is 0 Å². The second kappa shape index (κ2) is 19.1. The first-order valence-electron chi connectivity index (χ1n) is 20.5. The number of amides is 5. The van der Waals surface area contributed by atoms with Crippen molar-refractivity contribution >= 4 is 40.8 Å². The molecule has 4 atom stereocenters. The normalized spacial score (nSPS) is 18.4. The number of hydrogen-bond donors (Lipinski definition) is 2. The fourth-order valence-electron chi connectivity index (χ4n) is 8.01. The summed E-state index contributed by atoms with van der Waals surface area (Å²) in [6.45, 7) is 6.18. The molecule has 5 amide bonds. The largest absolute Gasteiger partial charge is 0.459 e. The summed E-state index contributed by atoms with van der Waals surface area (Å²) in [6, 6.07) is 32.2. The molecule has 4 aromatic carbocycles. The average Bonchev–Trinajstić information content (AvgIpc) is 3.25. The van der Waals surface area contributed by atoms with E-state index in [1.807, 2.05) is 112 Å². The molecule has 14 heteroatoms. The van der Waals surface area contributed by atoms with E-state index in [-0.39, 0.29) is 56.1 Å². The van der Waals surface area contributed by atoms with E-state index < -0.39 is 42.4 Å². The lowest BCUT2D eigenvalue weighted by molar-refractivity contribution is -0.196. The van der Waals surface area contributed by atoms with E-state index in [1.165, 1.54) is 0 Å². The van der Waals surface area contributed by atoms with Crippen LogP contribution in [0.1, 0.15) is 49.4 Å². The third kappa shape index (κ3) is 9.98. The van der Waals surface area contributed by atoms with Gasteiger partial charge < -0.3 is 29.9 Å². The van der Waals surface area contributed by atoms with Crippen LogP contribution in [0.4, 0.5) is 9.59 Å². The number of carbonyl (C=O) groups is 5. The molecule has 14 nitrogen and oxygen atoms in total. The first-order valence-corrected chi connectivity index (χ1v) is 20.5. The van der Waals surface area contributed by atoms with Crippen molar-refractivity contribution < 1.29 is 33.4 Å². The van der Waals surface area contributed by atoms with Crippen LogP contribution in [-0.4, -0.2) is 92.6 Å². The van der Waals surface area contributed by atoms with Gasteiger partial charge in [-0.25, -0.2) is 24.4 Å². The Morgan fingerprint density at radius 3 is 2.23 bits per heavy atom. The van der Waals surface area contributed by atoms with Gasteiger partial charge in [-0.05, 0) is 59.7 Å². The maximum absolute atomic E-state index is 14.8. The summed E-state index contributed by atoms with van der Waals surface area (Å²) in [6.07, 6.45) is 0.533. The monoisotopic (exact) mass is 825 g/mol. The number of ether oxygens (including phenoxy) is 2. The zero-order valence-electron chi connectivity index (χ0n) is 34.8. The Morgan fingerprint density at radius 2 is 1.52 bits per heavy atom. The number of pyridine rings is 1. The van der Waals surface area contributed by atoms with E-state index in [0.29, 0.717) is 12.0 Å². The molecule has 2 aliphatic rings. The third-order valence-electron chi connectivity index (χ3n) is 11.0. The molecule has 2 saturated heterocycles. The van der Waals surface area contributed by atoms with Crippen molar-refractivity contribution in [3.8, 4) is 5.75 Å². The van der Waals surface area contributed by atoms with Crippen LogP contribution in [0, 0.1) is 5.92 Å². The molecule has 2 fully saturated rings. The zero-order valence-corrected chi connectivity index (χ0v) is 34.8. The molecular formula is C47H51N7O7. The Bertz CT molecular complexity index is 2340. The number of esters is 1. The smallest absolute Gasteiger partial charge is 0.413 e. The topological polar surface area (TPSA) is 154 Å². The molecule has 5 aromatic rings. The van der Waals surface area contributed by atoms with Gasteiger partial charge in [-0.2, -0.15) is 0 Å². The zero-order chi connectivity index (χ0) is 43.0. The number of nitrogens with zero attached hydrogens (tertiary/aromatic N) is 5. The van der Waals surface area contributed by atoms with Crippen LogP contribution in [0.3, 0.4) is 0 Å². The summed E-state index contributed by atoms with van der Waals surface area (Å²) >= 11 is 0. The van der Waals surface area contributed by atoms with E-state index >= 15 is 0 Å². The molecule has 0 saturated carbocycles. The number of rotatable bonds is 13. The highest BCUT2D eigenvalue weighted by Crippen LogP contribution is 2.33. The van der Waals surface area contributed by atoms with Gasteiger partial charge in [0.2, 0.25) is 11.8 Å². The average molecular weight is 826 g/mol. The van der Waals surface area contributed by atoms with E-state index in [4.69, 9.17) is 9.47 Å². The van der Waals surface area contributed by atoms with E-state index in [0.717, 1.165) is 27.6 Å². The number of aromatic nitrogens is 1. The van der Waals surface area contributed by atoms with Gasteiger partial charge in [-0.1, -0.05) is 111 Å². The van der Waals surface area contributed by atoms with Crippen LogP contribution in [-0.2, 0) is 45.2 Å². The van der Waals surface area contributed by atoms with Crippen molar-refractivity contribution in [3.63, 3.8) is 0 Å². The number of likely N-dealkylation sites (N-methyl/N-ethyl adjacent to an activating group) is 1. The Hall–Kier alpha value is -6.80. The van der Waals surface area contributed by atoms with Crippen LogP contribution in [0.25, 0.3) is 10.9 Å². The van der Waals surface area contributed by atoms with E-state index in [1.54, 1.807) is 57.3 Å². The Labute approximate surface area is 355 Å². The van der Waals surface area contributed by atoms with Gasteiger partial charge in [0.15, 0.2) is 0 Å². The summed E-state index contributed by atoms with van der Waals surface area (Å²) in [5.41, 5.74) is 4.04. The second-order valence-electron chi connectivity index (χ2n) is 15.9. The van der Waals surface area contributed by atoms with E-state index in [2.05, 4.69) is 15.6 Å². The number of nitrogens with one attached hydrogen (secondary N) is 2. The Morgan fingerprint density at radius 1 is 0.836 bits per heavy atom. The highest BCUT2D eigenvalue weighted by Gasteiger charge is 2.54. The predicted octanol–water partition coefficient (Wildman–Crippen LogP) is 6.05. The van der Waals surface area contributed by atoms with Crippen molar-refractivity contribution in [2.24, 2.45) is 5.92 Å². The van der Waals surface area contributed by atoms with Crippen LogP contribution < -0.4 is 15.4 Å². The van der Waals surface area contributed by atoms with Gasteiger partial charge in [-0.15, -0.1) is 0 Å². The lowest BCUT2D eigenvalue weighted by Gasteiger charge is -2.57. The molecule has 2 aliphatic heterocycles. The minimum Gasteiger partial charge on any atom is -0.459 e. The van der Waals surface area contributed by atoms with Crippen molar-refractivity contribution in [3.05, 3.63) is 144 Å². The van der Waals surface area contributed by atoms with Crippen molar-refractivity contribution in [2.75, 3.05) is 13.6 Å². The summed E-state index contributed by atoms with van der Waals surface area (Å²) in [5.74, 6) is -0.821. The van der Waals surface area contributed by atoms with Crippen molar-refractivity contribution in [1.82, 2.24) is 35.4 Å². The number of hydrazine groups is 1. The van der Waals surface area contributed by atoms with Crippen LogP contribution in [0.5, 0.6) is 5.75 Å². The number of piperazine rings is 1. The van der Waals surface area contributed by atoms with Crippen LogP contribution >= 0.6 is 0 Å². The highest BCUT2D eigenvalue weighted by molar-refractivity contribution is 5.92. The molecule has 0 radical (unpaired) electrons. The van der Waals surface area contributed by atoms with Gasteiger partial charge >= 0.3 is 18.1 Å². The molecular weight excluding hydrogens is 775 g/mol. The quantitative estimate of drug-likeness (QED) is 0.135. The maximum Gasteiger partial charge on any atom is 0.413 e. The fourth-order valence-corrected chi connectivity index (χ4v) is 8.01. The fraction of sp³-hybridized carbons (Fsp3) is 0.319. The minimum atomic E-state index is -0.969. The second-order valence-corrected chi connectivity index (χ2v) is 15.9. The Kier molecular flexibility index (Phi) is 13.2. The lowest BCUT2D eigenvalue weighted by atomic mass is 9.94. The highest BCUT2D eigenvalue weighted by atomic mass is 16.6. The van der Waals surface area contributed by atoms with Gasteiger partial charge in [0, 0.05) is 38.1 Å². The number of urea groups is 1. The van der Waals surface area contributed by atoms with Crippen LogP contribution in [0.2, 0.25) is 0 Å². The maximum atomic E-state index is 14.8. The van der Waals surface area contributed by atoms with Gasteiger partial charge in [0.25, 0.3) is 0 Å². The third-order valence-corrected chi connectivity index (χ3v) is 11.0. The molecule has 7 rings (SSSR count). The summed E-state index contributed by atoms with van der Waals surface area (Å²) in [7, 11) is 1.70. The van der Waals surface area contributed by atoms with Gasteiger partial charge in [-0.3, -0.25) is 14.6 Å². The van der Waals surface area contributed by atoms with Gasteiger partial charge in [0.1, 0.15) is 30.6 Å². The lowest BCUT2D eigenvalue weighted by Crippen LogP contribution is -2.78. The Balaban J connectivity index is 1.11. The number of para-hydroxylation sites is 1. The molecule has 316 valence electrons. The molecule has 0 aliphatic carbocycles. The molecule has 61 heavy (non-hydrogen) atoms. The summed E-state index contributed by atoms with van der Waals surface area (Å²) < 4.78 is 11.1. The predicted molar refractivity (Wildman–Crippen MR) is 228 cm³/mol. The SMILES string of the molecule is CC(C)CC(NC(=O)Oc1ccc(C[C@H]2C(=O)N(Cc3cccc4cccnc34)[C@@H](C)C3N2C(=O)CN(C)N3C(=O)NCc2ccccc2)cc1)C(=O)OCc1ccccc1. The molecule has 1 aromatic heterocycles. The standard InChI is InChI=1S/C47H51N7O7/c1-31(2)25-39(45(57)60-30-35-15-9-6-10-16-35)50-47(59)61-38-22-20-33(21-23-38)26-40-44(56)52(28-37-18-11-17-36-19-12-24-48-42(36)37)32(3)43-53(40)41(55)29-51(4)54(43)46(58)49-27-34-13-7-5-8-14-34/h5-24,31-32,39-40,43H,25-30H2,1-4H3,(H,49,58)(H,50,59)/t32-,39?,40-,43?/m0/s1. The summed E-state index contributed by atoms with van der Waals surface area (Å²) in [4.78, 5) is 76.9. The number of benzene rings is 4. The van der Waals surface area contributed by atoms with Crippen LogP contribution in [0.15, 0.2) is 121 Å². The molecule has 0 bridgehead atoms. The molecule has 2 unspecified atom stereocenters. The molecule has 2 N–H and O–H groups in total. The van der Waals surface area contributed by atoms with E-state index in [9.17, 15) is 24.0 Å². The first kappa shape index (κ1) is 42.3. The number of carbonyl (C=O) groups excluding carboxylic acids is 5. The number of fused-ring (bicyclic) bond motifs is 2. The molecule has 3 heterocycles. The van der Waals surface area contributed by atoms with Crippen molar-refractivity contribution in [2.45, 2.75) is 77.6 Å². The first-order chi connectivity index (χ1) is 29.5. The van der Waals surface area contributed by atoms with Gasteiger partial charge in [0.05, 0.1) is 18.1 Å². The minimum absolute atomic E-state index is 0.0763. The summed E-state index contributed by atoms with van der Waals surface area (Å²) in [5, 5.41) is 9.75. The number of hydrogen-bond acceptors (Lipinski definition) is 9.